The van der Waals surface area contributed by atoms with Crippen molar-refractivity contribution >= 4 is 45.1 Å². The van der Waals surface area contributed by atoms with Gasteiger partial charge in [-0.3, -0.25) is 4.79 Å². The number of anilines is 1. The highest BCUT2D eigenvalue weighted by Gasteiger charge is 2.27. The lowest BCUT2D eigenvalue weighted by Gasteiger charge is -2.10. The fraction of sp³-hybridized carbons (Fsp3) is 0.273. The summed E-state index contributed by atoms with van der Waals surface area (Å²) in [6.45, 7) is 2.55. The van der Waals surface area contributed by atoms with E-state index in [1.165, 1.54) is 0 Å². The third-order valence-corrected chi connectivity index (χ3v) is 5.90. The van der Waals surface area contributed by atoms with E-state index in [9.17, 15) is 4.79 Å². The molecule has 3 aromatic heterocycles. The molecule has 1 aliphatic carbocycles. The van der Waals surface area contributed by atoms with Gasteiger partial charge in [-0.25, -0.2) is 9.97 Å². The second kappa shape index (κ2) is 6.81. The summed E-state index contributed by atoms with van der Waals surface area (Å²) in [5, 5.41) is 8.14. The number of furan rings is 1. The third kappa shape index (κ3) is 2.97. The van der Waals surface area contributed by atoms with Gasteiger partial charge in [0.05, 0.1) is 22.3 Å². The van der Waals surface area contributed by atoms with Crippen molar-refractivity contribution in [2.24, 2.45) is 0 Å². The second-order valence-electron chi connectivity index (χ2n) is 7.90. The number of hydrogen-bond donors (Lipinski definition) is 2. The molecular weight excluding hydrogens is 418 g/mol. The van der Waals surface area contributed by atoms with Crippen LogP contribution in [-0.2, 0) is 12.8 Å². The average molecular weight is 436 g/mol. The zero-order valence-electron chi connectivity index (χ0n) is 16.7. The van der Waals surface area contributed by atoms with Crippen LogP contribution in [0.25, 0.3) is 21.9 Å². The average Bonchev–Trinajstić information content (AvgIpc) is 3.33. The summed E-state index contributed by atoms with van der Waals surface area (Å²) in [6.07, 6.45) is 2.75. The normalized spacial score (nSPS) is 17.7. The second-order valence-corrected chi connectivity index (χ2v) is 8.23. The number of rotatable bonds is 2. The molecule has 1 aromatic carbocycles. The minimum atomic E-state index is -0.223. The number of amides is 1. The summed E-state index contributed by atoms with van der Waals surface area (Å²) >= 11 is 6.07. The van der Waals surface area contributed by atoms with Crippen LogP contribution in [-0.4, -0.2) is 33.4 Å². The van der Waals surface area contributed by atoms with Gasteiger partial charge in [-0.1, -0.05) is 0 Å². The van der Waals surface area contributed by atoms with Crippen molar-refractivity contribution in [1.29, 1.82) is 0 Å². The van der Waals surface area contributed by atoms with Crippen molar-refractivity contribution in [3.8, 4) is 11.8 Å². The molecule has 0 unspecified atom stereocenters. The van der Waals surface area contributed by atoms with Crippen LogP contribution in [0.1, 0.15) is 35.2 Å². The molecule has 2 aliphatic rings. The van der Waals surface area contributed by atoms with Crippen molar-refractivity contribution in [3.63, 3.8) is 0 Å². The maximum atomic E-state index is 12.5. The van der Waals surface area contributed by atoms with Crippen LogP contribution in [0, 0.1) is 0 Å². The summed E-state index contributed by atoms with van der Waals surface area (Å²) in [7, 11) is 0. The van der Waals surface area contributed by atoms with E-state index in [2.05, 4.69) is 25.6 Å². The zero-order chi connectivity index (χ0) is 21.1. The maximum Gasteiger partial charge on any atom is 0.289 e. The molecule has 0 saturated carbocycles. The number of carbonyl (C=O) groups is 1. The maximum absolute atomic E-state index is 12.5. The van der Waals surface area contributed by atoms with Crippen LogP contribution in [0.15, 0.2) is 28.7 Å². The zero-order valence-corrected chi connectivity index (χ0v) is 17.4. The number of hydrogen-bond acceptors (Lipinski definition) is 7. The van der Waals surface area contributed by atoms with Crippen molar-refractivity contribution < 1.29 is 13.9 Å². The molecule has 1 aliphatic heterocycles. The first-order chi connectivity index (χ1) is 15.1. The number of aryl methyl sites for hydroxylation is 1. The van der Waals surface area contributed by atoms with Crippen LogP contribution in [0.3, 0.4) is 0 Å². The predicted molar refractivity (Wildman–Crippen MR) is 116 cm³/mol. The van der Waals surface area contributed by atoms with Crippen LogP contribution in [0.5, 0.6) is 11.8 Å². The highest BCUT2D eigenvalue weighted by atomic mass is 35.5. The Kier molecular flexibility index (Phi) is 4.04. The predicted octanol–water partition coefficient (Wildman–Crippen LogP) is 4.25. The molecule has 8 nitrogen and oxygen atoms in total. The molecule has 0 fully saturated rings. The van der Waals surface area contributed by atoms with Crippen molar-refractivity contribution in [2.45, 2.75) is 32.2 Å². The van der Waals surface area contributed by atoms with Crippen molar-refractivity contribution in [3.05, 3.63) is 46.6 Å². The Labute approximate surface area is 182 Å². The van der Waals surface area contributed by atoms with E-state index >= 15 is 0 Å². The number of aromatic nitrogens is 3. The van der Waals surface area contributed by atoms with Gasteiger partial charge in [0, 0.05) is 29.6 Å². The molecule has 0 spiro atoms. The van der Waals surface area contributed by atoms with E-state index in [1.54, 1.807) is 6.07 Å². The molecule has 0 radical (unpaired) electrons. The number of fused-ring (bicyclic) bond motifs is 6. The van der Waals surface area contributed by atoms with E-state index in [0.29, 0.717) is 35.3 Å². The Bertz CT molecular complexity index is 1380. The number of pyridine rings is 1. The van der Waals surface area contributed by atoms with Gasteiger partial charge in [-0.2, -0.15) is 4.98 Å². The SMILES string of the molecule is C[C@@H]1CNc2c(oc3ccc4nc(Oc5nc(Cl)nc6c5CCC6)ccc4c23)C(=O)N1. The highest BCUT2D eigenvalue weighted by Crippen LogP contribution is 2.38. The lowest BCUT2D eigenvalue weighted by atomic mass is 10.1. The molecule has 1 atom stereocenters. The topological polar surface area (TPSA) is 102 Å². The number of nitrogens with one attached hydrogen (secondary N) is 2. The molecule has 4 aromatic rings. The molecule has 31 heavy (non-hydrogen) atoms. The fourth-order valence-corrected chi connectivity index (χ4v) is 4.50. The largest absolute Gasteiger partial charge is 0.449 e. The molecule has 0 saturated heterocycles. The van der Waals surface area contributed by atoms with Gasteiger partial charge in [-0.05, 0) is 56.0 Å². The van der Waals surface area contributed by atoms with Crippen molar-refractivity contribution in [2.75, 3.05) is 11.9 Å². The lowest BCUT2D eigenvalue weighted by Crippen LogP contribution is -2.34. The van der Waals surface area contributed by atoms with Crippen LogP contribution < -0.4 is 15.4 Å². The van der Waals surface area contributed by atoms with Gasteiger partial charge < -0.3 is 19.8 Å². The van der Waals surface area contributed by atoms with Gasteiger partial charge in [0.2, 0.25) is 22.8 Å². The first kappa shape index (κ1) is 18.4. The first-order valence-corrected chi connectivity index (χ1v) is 10.6. The first-order valence-electron chi connectivity index (χ1n) is 10.2. The molecule has 1 amide bonds. The van der Waals surface area contributed by atoms with Gasteiger partial charge in [0.15, 0.2) is 0 Å². The molecule has 4 heterocycles. The standard InChI is InChI=1S/C22H18ClN5O3/c1-10-9-24-18-17-11-5-8-16(31-21-12-3-2-4-13(12)27-22(23)28-21)26-14(11)6-7-15(17)30-19(18)20(29)25-10/h5-8,10,24H,2-4,9H2,1H3,(H,25,29)/t10-/m1/s1. The lowest BCUT2D eigenvalue weighted by molar-refractivity contribution is 0.0920. The van der Waals surface area contributed by atoms with Crippen molar-refractivity contribution in [1.82, 2.24) is 20.3 Å². The smallest absolute Gasteiger partial charge is 0.289 e. The molecule has 2 N–H and O–H groups in total. The summed E-state index contributed by atoms with van der Waals surface area (Å²) in [5.74, 6) is 0.951. The van der Waals surface area contributed by atoms with Crippen LogP contribution in [0.2, 0.25) is 5.28 Å². The Hall–Kier alpha value is -3.39. The summed E-state index contributed by atoms with van der Waals surface area (Å²) in [4.78, 5) is 25.7. The molecular formula is C22H18ClN5O3. The number of halogens is 1. The Balaban J connectivity index is 1.45. The highest BCUT2D eigenvalue weighted by molar-refractivity contribution is 6.28. The summed E-state index contributed by atoms with van der Waals surface area (Å²) in [6, 6.07) is 7.39. The number of ether oxygens (including phenoxy) is 1. The monoisotopic (exact) mass is 435 g/mol. The molecule has 6 rings (SSSR count). The fourth-order valence-electron chi connectivity index (χ4n) is 4.32. The van der Waals surface area contributed by atoms with E-state index < -0.39 is 0 Å². The molecule has 0 bridgehead atoms. The van der Waals surface area contributed by atoms with Crippen LogP contribution >= 0.6 is 11.6 Å². The van der Waals surface area contributed by atoms with Crippen LogP contribution in [0.4, 0.5) is 5.69 Å². The summed E-state index contributed by atoms with van der Waals surface area (Å²) in [5.41, 5.74) is 3.98. The minimum absolute atomic E-state index is 0.000307. The quantitative estimate of drug-likeness (QED) is 0.454. The van der Waals surface area contributed by atoms with E-state index in [4.69, 9.17) is 20.8 Å². The van der Waals surface area contributed by atoms with Gasteiger partial charge in [0.1, 0.15) is 5.58 Å². The van der Waals surface area contributed by atoms with E-state index in [-0.39, 0.29) is 17.2 Å². The van der Waals surface area contributed by atoms with E-state index in [1.807, 2.05) is 25.1 Å². The van der Waals surface area contributed by atoms with E-state index in [0.717, 1.165) is 46.8 Å². The molecule has 156 valence electrons. The Morgan fingerprint density at radius 2 is 2.06 bits per heavy atom. The number of benzene rings is 1. The number of carbonyl (C=O) groups excluding carboxylic acids is 1. The Morgan fingerprint density at radius 3 is 2.97 bits per heavy atom. The third-order valence-electron chi connectivity index (χ3n) is 5.73. The van der Waals surface area contributed by atoms with Gasteiger partial charge in [-0.15, -0.1) is 0 Å². The number of nitrogens with zero attached hydrogens (tertiary/aromatic N) is 3. The minimum Gasteiger partial charge on any atom is -0.449 e. The Morgan fingerprint density at radius 1 is 1.16 bits per heavy atom. The van der Waals surface area contributed by atoms with Gasteiger partial charge >= 0.3 is 0 Å². The summed E-state index contributed by atoms with van der Waals surface area (Å²) < 4.78 is 11.9. The van der Waals surface area contributed by atoms with Gasteiger partial charge in [0.25, 0.3) is 5.91 Å². The molecule has 9 heteroatoms.